The van der Waals surface area contributed by atoms with Crippen LogP contribution < -0.4 is 10.6 Å². The lowest BCUT2D eigenvalue weighted by Crippen LogP contribution is -2.43. The van der Waals surface area contributed by atoms with Crippen molar-refractivity contribution in [1.29, 1.82) is 0 Å². The maximum atomic E-state index is 12.3. The summed E-state index contributed by atoms with van der Waals surface area (Å²) >= 11 is 0. The van der Waals surface area contributed by atoms with E-state index in [4.69, 9.17) is 0 Å². The molecule has 0 aliphatic carbocycles. The standard InChI is InChI=1S/C16H25N3O/c1-13(12-19-10-6-3-7-11-19)18-16(20)14-8-4-5-9-15(14)17-2/h4-5,8-9,13,17H,3,6-7,10-12H2,1-2H3,(H,18,20). The molecule has 1 atom stereocenters. The van der Waals surface area contributed by atoms with Crippen molar-refractivity contribution >= 4 is 11.6 Å². The molecule has 110 valence electrons. The third-order valence-electron chi connectivity index (χ3n) is 3.80. The van der Waals surface area contributed by atoms with Gasteiger partial charge in [-0.2, -0.15) is 0 Å². The van der Waals surface area contributed by atoms with E-state index in [0.717, 1.165) is 25.3 Å². The predicted molar refractivity (Wildman–Crippen MR) is 83.2 cm³/mol. The summed E-state index contributed by atoms with van der Waals surface area (Å²) < 4.78 is 0. The summed E-state index contributed by atoms with van der Waals surface area (Å²) in [5.41, 5.74) is 1.58. The molecule has 0 radical (unpaired) electrons. The molecule has 1 heterocycles. The smallest absolute Gasteiger partial charge is 0.253 e. The number of amides is 1. The molecule has 1 unspecified atom stereocenters. The number of carbonyl (C=O) groups is 1. The van der Waals surface area contributed by atoms with Crippen molar-refractivity contribution in [3.05, 3.63) is 29.8 Å². The first-order valence-electron chi connectivity index (χ1n) is 7.50. The van der Waals surface area contributed by atoms with Gasteiger partial charge >= 0.3 is 0 Å². The van der Waals surface area contributed by atoms with Crippen LogP contribution in [-0.2, 0) is 0 Å². The molecule has 1 fully saturated rings. The Morgan fingerprint density at radius 3 is 2.65 bits per heavy atom. The van der Waals surface area contributed by atoms with Crippen LogP contribution in [0.5, 0.6) is 0 Å². The van der Waals surface area contributed by atoms with Crippen molar-refractivity contribution in [3.8, 4) is 0 Å². The lowest BCUT2D eigenvalue weighted by molar-refractivity contribution is 0.0926. The van der Waals surface area contributed by atoms with E-state index < -0.39 is 0 Å². The zero-order valence-electron chi connectivity index (χ0n) is 12.5. The number of benzene rings is 1. The molecule has 20 heavy (non-hydrogen) atoms. The van der Waals surface area contributed by atoms with Gasteiger partial charge < -0.3 is 15.5 Å². The third kappa shape index (κ3) is 3.97. The summed E-state index contributed by atoms with van der Waals surface area (Å²) in [6.45, 7) is 5.34. The predicted octanol–water partition coefficient (Wildman–Crippen LogP) is 2.33. The second kappa shape index (κ2) is 7.29. The first-order valence-corrected chi connectivity index (χ1v) is 7.50. The van der Waals surface area contributed by atoms with E-state index in [1.165, 1.54) is 19.3 Å². The van der Waals surface area contributed by atoms with E-state index in [1.54, 1.807) is 0 Å². The fraction of sp³-hybridized carbons (Fsp3) is 0.562. The van der Waals surface area contributed by atoms with E-state index in [0.29, 0.717) is 5.56 Å². The molecule has 0 spiro atoms. The fourth-order valence-corrected chi connectivity index (χ4v) is 2.78. The molecule has 1 aliphatic rings. The number of nitrogens with one attached hydrogen (secondary N) is 2. The summed E-state index contributed by atoms with van der Waals surface area (Å²) in [4.78, 5) is 14.7. The van der Waals surface area contributed by atoms with Gasteiger partial charge in [0.2, 0.25) is 0 Å². The minimum Gasteiger partial charge on any atom is -0.387 e. The lowest BCUT2D eigenvalue weighted by Gasteiger charge is -2.29. The molecular formula is C16H25N3O. The molecule has 4 heteroatoms. The van der Waals surface area contributed by atoms with Gasteiger partial charge in [-0.1, -0.05) is 18.6 Å². The molecule has 1 aliphatic heterocycles. The van der Waals surface area contributed by atoms with Gasteiger partial charge in [-0.25, -0.2) is 0 Å². The van der Waals surface area contributed by atoms with Crippen LogP contribution >= 0.6 is 0 Å². The van der Waals surface area contributed by atoms with E-state index in [-0.39, 0.29) is 11.9 Å². The first kappa shape index (κ1) is 14.9. The number of anilines is 1. The summed E-state index contributed by atoms with van der Waals surface area (Å²) in [5.74, 6) is -0.000501. The number of carbonyl (C=O) groups excluding carboxylic acids is 1. The zero-order valence-corrected chi connectivity index (χ0v) is 12.5. The van der Waals surface area contributed by atoms with Gasteiger partial charge in [-0.05, 0) is 45.0 Å². The fourth-order valence-electron chi connectivity index (χ4n) is 2.78. The highest BCUT2D eigenvalue weighted by molar-refractivity contribution is 5.99. The average Bonchev–Trinajstić information content (AvgIpc) is 2.48. The molecule has 0 saturated carbocycles. The van der Waals surface area contributed by atoms with Crippen LogP contribution in [0.25, 0.3) is 0 Å². The summed E-state index contributed by atoms with van der Waals surface area (Å²) in [7, 11) is 1.84. The van der Waals surface area contributed by atoms with Crippen LogP contribution in [0.2, 0.25) is 0 Å². The molecule has 1 saturated heterocycles. The van der Waals surface area contributed by atoms with Gasteiger partial charge in [-0.15, -0.1) is 0 Å². The maximum Gasteiger partial charge on any atom is 0.253 e. The maximum absolute atomic E-state index is 12.3. The second-order valence-electron chi connectivity index (χ2n) is 5.53. The Kier molecular flexibility index (Phi) is 5.41. The molecule has 0 aromatic heterocycles. The van der Waals surface area contributed by atoms with Crippen molar-refractivity contribution in [3.63, 3.8) is 0 Å². The molecule has 4 nitrogen and oxygen atoms in total. The van der Waals surface area contributed by atoms with Crippen LogP contribution in [0.1, 0.15) is 36.5 Å². The second-order valence-corrected chi connectivity index (χ2v) is 5.53. The number of hydrogen-bond acceptors (Lipinski definition) is 3. The molecule has 1 aromatic rings. The average molecular weight is 275 g/mol. The van der Waals surface area contributed by atoms with E-state index in [9.17, 15) is 4.79 Å². The Balaban J connectivity index is 1.89. The SMILES string of the molecule is CNc1ccccc1C(=O)NC(C)CN1CCCCC1. The highest BCUT2D eigenvalue weighted by Gasteiger charge is 2.16. The number of likely N-dealkylation sites (tertiary alicyclic amines) is 1. The Morgan fingerprint density at radius 1 is 1.25 bits per heavy atom. The number of rotatable bonds is 5. The number of para-hydroxylation sites is 1. The van der Waals surface area contributed by atoms with E-state index >= 15 is 0 Å². The summed E-state index contributed by atoms with van der Waals surface area (Å²) in [6.07, 6.45) is 3.90. The third-order valence-corrected chi connectivity index (χ3v) is 3.80. The van der Waals surface area contributed by atoms with Crippen molar-refractivity contribution < 1.29 is 4.79 Å². The Bertz CT molecular complexity index is 441. The topological polar surface area (TPSA) is 44.4 Å². The van der Waals surface area contributed by atoms with Gasteiger partial charge in [0.05, 0.1) is 5.56 Å². The van der Waals surface area contributed by atoms with E-state index in [2.05, 4.69) is 22.5 Å². The minimum absolute atomic E-state index is 0.000501. The number of hydrogen-bond donors (Lipinski definition) is 2. The van der Waals surface area contributed by atoms with Crippen molar-refractivity contribution in [1.82, 2.24) is 10.2 Å². The molecule has 2 rings (SSSR count). The number of piperidine rings is 1. The molecular weight excluding hydrogens is 250 g/mol. The van der Waals surface area contributed by atoms with Crippen LogP contribution in [0, 0.1) is 0 Å². The van der Waals surface area contributed by atoms with Crippen LogP contribution in [0.3, 0.4) is 0 Å². The summed E-state index contributed by atoms with van der Waals surface area (Å²) in [5, 5.41) is 6.16. The van der Waals surface area contributed by atoms with Gasteiger partial charge in [0.15, 0.2) is 0 Å². The monoisotopic (exact) mass is 275 g/mol. The largest absolute Gasteiger partial charge is 0.387 e. The van der Waals surface area contributed by atoms with Gasteiger partial charge in [0.1, 0.15) is 0 Å². The van der Waals surface area contributed by atoms with Gasteiger partial charge in [0, 0.05) is 25.3 Å². The highest BCUT2D eigenvalue weighted by Crippen LogP contribution is 2.14. The molecule has 1 aromatic carbocycles. The Labute approximate surface area is 121 Å². The molecule has 2 N–H and O–H groups in total. The lowest BCUT2D eigenvalue weighted by atomic mass is 10.1. The highest BCUT2D eigenvalue weighted by atomic mass is 16.1. The normalized spacial score (nSPS) is 17.5. The Morgan fingerprint density at radius 2 is 1.95 bits per heavy atom. The van der Waals surface area contributed by atoms with Gasteiger partial charge in [0.25, 0.3) is 5.91 Å². The Hall–Kier alpha value is -1.55. The number of nitrogens with zero attached hydrogens (tertiary/aromatic N) is 1. The van der Waals surface area contributed by atoms with Gasteiger partial charge in [-0.3, -0.25) is 4.79 Å². The van der Waals surface area contributed by atoms with E-state index in [1.807, 2.05) is 31.3 Å². The first-order chi connectivity index (χ1) is 9.70. The summed E-state index contributed by atoms with van der Waals surface area (Å²) in [6, 6.07) is 7.77. The van der Waals surface area contributed by atoms with Crippen LogP contribution in [-0.4, -0.2) is 43.5 Å². The van der Waals surface area contributed by atoms with Crippen molar-refractivity contribution in [2.75, 3.05) is 32.0 Å². The zero-order chi connectivity index (χ0) is 14.4. The van der Waals surface area contributed by atoms with Crippen LogP contribution in [0.4, 0.5) is 5.69 Å². The van der Waals surface area contributed by atoms with Crippen molar-refractivity contribution in [2.45, 2.75) is 32.2 Å². The van der Waals surface area contributed by atoms with Crippen LogP contribution in [0.15, 0.2) is 24.3 Å². The molecule has 0 bridgehead atoms. The van der Waals surface area contributed by atoms with Crippen molar-refractivity contribution in [2.24, 2.45) is 0 Å². The quantitative estimate of drug-likeness (QED) is 0.867. The minimum atomic E-state index is -0.000501. The molecule has 1 amide bonds.